The predicted octanol–water partition coefficient (Wildman–Crippen LogP) is 3.89. The van der Waals surface area contributed by atoms with E-state index in [0.717, 1.165) is 31.5 Å². The molecule has 0 atom stereocenters. The van der Waals surface area contributed by atoms with Gasteiger partial charge in [-0.15, -0.1) is 0 Å². The van der Waals surface area contributed by atoms with Gasteiger partial charge >= 0.3 is 0 Å². The lowest BCUT2D eigenvalue weighted by Gasteiger charge is -2.38. The molecule has 1 aromatic rings. The molecular weight excluding hydrogens is 284 g/mol. The van der Waals surface area contributed by atoms with Gasteiger partial charge in [0.05, 0.1) is 0 Å². The van der Waals surface area contributed by atoms with E-state index in [1.807, 2.05) is 39.0 Å². The number of hydrogen-bond donors (Lipinski definition) is 1. The van der Waals surface area contributed by atoms with Crippen LogP contribution < -0.4 is 5.32 Å². The van der Waals surface area contributed by atoms with E-state index in [4.69, 9.17) is 11.6 Å². The normalized spacial score (nSPS) is 17.6. The summed E-state index contributed by atoms with van der Waals surface area (Å²) in [7, 11) is 2.11. The molecule has 1 aliphatic heterocycles. The molecule has 0 saturated carbocycles. The van der Waals surface area contributed by atoms with Gasteiger partial charge in [-0.2, -0.15) is 0 Å². The average Bonchev–Trinajstić information content (AvgIpc) is 2.47. The number of amides is 1. The molecule has 1 aromatic carbocycles. The van der Waals surface area contributed by atoms with Crippen LogP contribution in [0.1, 0.15) is 49.5 Å². The van der Waals surface area contributed by atoms with Crippen molar-refractivity contribution in [2.75, 3.05) is 20.1 Å². The summed E-state index contributed by atoms with van der Waals surface area (Å²) in [4.78, 5) is 14.7. The number of carbonyl (C=O) groups is 1. The minimum absolute atomic E-state index is 0.0212. The first kappa shape index (κ1) is 18.0. The Kier molecular flexibility index (Phi) is 6.69. The summed E-state index contributed by atoms with van der Waals surface area (Å²) in [6, 6.07) is 5.46. The number of benzene rings is 1. The molecule has 2 rings (SSSR count). The van der Waals surface area contributed by atoms with Gasteiger partial charge in [-0.05, 0) is 51.4 Å². The van der Waals surface area contributed by atoms with Crippen molar-refractivity contribution in [2.45, 2.75) is 46.1 Å². The number of nitrogens with one attached hydrogen (secondary N) is 1. The summed E-state index contributed by atoms with van der Waals surface area (Å²) in [6.45, 7) is 10.0. The minimum Gasteiger partial charge on any atom is -0.347 e. The second kappa shape index (κ2) is 7.81. The molecule has 1 fully saturated rings. The van der Waals surface area contributed by atoms with Crippen LogP contribution in [0.2, 0.25) is 5.02 Å². The van der Waals surface area contributed by atoms with E-state index in [2.05, 4.69) is 24.2 Å². The molecule has 0 bridgehead atoms. The Morgan fingerprint density at radius 1 is 1.29 bits per heavy atom. The van der Waals surface area contributed by atoms with Crippen LogP contribution in [0.5, 0.6) is 0 Å². The predicted molar refractivity (Wildman–Crippen MR) is 90.1 cm³/mol. The van der Waals surface area contributed by atoms with Crippen molar-refractivity contribution in [3.8, 4) is 0 Å². The molecular formula is C17H27ClN2O. The van der Waals surface area contributed by atoms with Crippen molar-refractivity contribution in [1.29, 1.82) is 0 Å². The highest BCUT2D eigenvalue weighted by Crippen LogP contribution is 2.23. The van der Waals surface area contributed by atoms with E-state index < -0.39 is 0 Å². The standard InChI is InChI=1S/C15H21ClN2O.C2H6/c1-11-12(5-4-6-13(11)16)14(19)17-15(2)7-9-18(3)10-8-15;1-2/h4-6H,7-10H2,1-3H3,(H,17,19);1-2H3. The van der Waals surface area contributed by atoms with Crippen LogP contribution >= 0.6 is 11.6 Å². The fraction of sp³-hybridized carbons (Fsp3) is 0.588. The monoisotopic (exact) mass is 310 g/mol. The van der Waals surface area contributed by atoms with Crippen molar-refractivity contribution in [3.63, 3.8) is 0 Å². The number of halogens is 1. The first-order chi connectivity index (χ1) is 9.91. The maximum absolute atomic E-state index is 12.4. The van der Waals surface area contributed by atoms with E-state index in [9.17, 15) is 4.79 Å². The molecule has 3 nitrogen and oxygen atoms in total. The lowest BCUT2D eigenvalue weighted by atomic mass is 9.89. The van der Waals surface area contributed by atoms with Gasteiger partial charge in [0.2, 0.25) is 0 Å². The van der Waals surface area contributed by atoms with Crippen LogP contribution in [-0.2, 0) is 0 Å². The molecule has 0 aromatic heterocycles. The van der Waals surface area contributed by atoms with E-state index >= 15 is 0 Å². The third kappa shape index (κ3) is 4.72. The third-order valence-corrected chi connectivity index (χ3v) is 4.43. The largest absolute Gasteiger partial charge is 0.347 e. The summed E-state index contributed by atoms with van der Waals surface area (Å²) in [6.07, 6.45) is 1.96. The molecule has 1 N–H and O–H groups in total. The zero-order valence-corrected chi connectivity index (χ0v) is 14.5. The number of piperidine rings is 1. The maximum Gasteiger partial charge on any atom is 0.252 e. The molecule has 1 saturated heterocycles. The highest BCUT2D eigenvalue weighted by Gasteiger charge is 2.30. The molecule has 0 aliphatic carbocycles. The van der Waals surface area contributed by atoms with Crippen LogP contribution in [0.4, 0.5) is 0 Å². The Morgan fingerprint density at radius 3 is 2.43 bits per heavy atom. The van der Waals surface area contributed by atoms with Crippen LogP contribution in [0.3, 0.4) is 0 Å². The van der Waals surface area contributed by atoms with Crippen molar-refractivity contribution in [3.05, 3.63) is 34.3 Å². The van der Waals surface area contributed by atoms with Crippen molar-refractivity contribution in [1.82, 2.24) is 10.2 Å². The first-order valence-electron chi connectivity index (χ1n) is 7.67. The number of nitrogens with zero attached hydrogens (tertiary/aromatic N) is 1. The number of carbonyl (C=O) groups excluding carboxylic acids is 1. The summed E-state index contributed by atoms with van der Waals surface area (Å²) < 4.78 is 0. The fourth-order valence-corrected chi connectivity index (χ4v) is 2.61. The maximum atomic E-state index is 12.4. The summed E-state index contributed by atoms with van der Waals surface area (Å²) in [5.74, 6) is -0.0212. The first-order valence-corrected chi connectivity index (χ1v) is 8.05. The molecule has 118 valence electrons. The van der Waals surface area contributed by atoms with Gasteiger partial charge in [0.25, 0.3) is 5.91 Å². The molecule has 1 amide bonds. The van der Waals surface area contributed by atoms with E-state index in [-0.39, 0.29) is 11.4 Å². The van der Waals surface area contributed by atoms with Crippen LogP contribution in [0, 0.1) is 6.92 Å². The van der Waals surface area contributed by atoms with E-state index in [0.29, 0.717) is 10.6 Å². The molecule has 1 aliphatic rings. The second-order valence-electron chi connectivity index (χ2n) is 5.73. The number of likely N-dealkylation sites (tertiary alicyclic amines) is 1. The molecule has 0 radical (unpaired) electrons. The summed E-state index contributed by atoms with van der Waals surface area (Å²) >= 11 is 6.07. The molecule has 4 heteroatoms. The number of rotatable bonds is 2. The van der Waals surface area contributed by atoms with Crippen LogP contribution in [0.25, 0.3) is 0 Å². The topological polar surface area (TPSA) is 32.3 Å². The lowest BCUT2D eigenvalue weighted by molar-refractivity contribution is 0.0851. The Morgan fingerprint density at radius 2 is 1.86 bits per heavy atom. The van der Waals surface area contributed by atoms with Crippen molar-refractivity contribution in [2.24, 2.45) is 0 Å². The summed E-state index contributed by atoms with van der Waals surface area (Å²) in [5.41, 5.74) is 1.41. The fourth-order valence-electron chi connectivity index (χ4n) is 2.43. The zero-order chi connectivity index (χ0) is 16.0. The Hall–Kier alpha value is -1.06. The van der Waals surface area contributed by atoms with Gasteiger partial charge < -0.3 is 10.2 Å². The van der Waals surface area contributed by atoms with Gasteiger partial charge in [0, 0.05) is 29.2 Å². The second-order valence-corrected chi connectivity index (χ2v) is 6.14. The van der Waals surface area contributed by atoms with Gasteiger partial charge in [0.1, 0.15) is 0 Å². The van der Waals surface area contributed by atoms with Gasteiger partial charge in [-0.25, -0.2) is 0 Å². The number of hydrogen-bond acceptors (Lipinski definition) is 2. The molecule has 1 heterocycles. The Labute approximate surface area is 133 Å². The quantitative estimate of drug-likeness (QED) is 0.899. The smallest absolute Gasteiger partial charge is 0.252 e. The van der Waals surface area contributed by atoms with Crippen molar-refractivity contribution >= 4 is 17.5 Å². The molecule has 21 heavy (non-hydrogen) atoms. The summed E-state index contributed by atoms with van der Waals surface area (Å²) in [5, 5.41) is 3.82. The zero-order valence-electron chi connectivity index (χ0n) is 13.8. The lowest BCUT2D eigenvalue weighted by Crippen LogP contribution is -2.52. The minimum atomic E-state index is -0.113. The van der Waals surface area contributed by atoms with Crippen molar-refractivity contribution < 1.29 is 4.79 Å². The third-order valence-electron chi connectivity index (χ3n) is 4.02. The van der Waals surface area contributed by atoms with Gasteiger partial charge in [0.15, 0.2) is 0 Å². The van der Waals surface area contributed by atoms with E-state index in [1.165, 1.54) is 0 Å². The van der Waals surface area contributed by atoms with Crippen LogP contribution in [-0.4, -0.2) is 36.5 Å². The highest BCUT2D eigenvalue weighted by atomic mass is 35.5. The highest BCUT2D eigenvalue weighted by molar-refractivity contribution is 6.31. The Bertz CT molecular complexity index is 480. The van der Waals surface area contributed by atoms with E-state index in [1.54, 1.807) is 0 Å². The molecule has 0 unspecified atom stereocenters. The molecule has 0 spiro atoms. The SMILES string of the molecule is CC.Cc1c(Cl)cccc1C(=O)NC1(C)CCN(C)CC1. The van der Waals surface area contributed by atoms with Crippen LogP contribution in [0.15, 0.2) is 18.2 Å². The Balaban J connectivity index is 0.00000106. The van der Waals surface area contributed by atoms with Gasteiger partial charge in [-0.1, -0.05) is 31.5 Å². The average molecular weight is 311 g/mol. The van der Waals surface area contributed by atoms with Gasteiger partial charge in [-0.3, -0.25) is 4.79 Å².